The summed E-state index contributed by atoms with van der Waals surface area (Å²) >= 11 is 1.65. The first-order valence-corrected chi connectivity index (χ1v) is 9.37. The average molecular weight is 381 g/mol. The summed E-state index contributed by atoms with van der Waals surface area (Å²) in [5, 5.41) is 13.2. The van der Waals surface area contributed by atoms with Crippen molar-refractivity contribution in [1.82, 2.24) is 25.2 Å². The number of thiophene rings is 1. The van der Waals surface area contributed by atoms with E-state index in [9.17, 15) is 4.79 Å². The fourth-order valence-corrected chi connectivity index (χ4v) is 3.90. The first-order valence-electron chi connectivity index (χ1n) is 8.49. The SMILES string of the molecule is O=C1CC(c2noc(-c3cc(-c4ccco4)n[nH]3)n2)CN1Cc1cccs1. The molecule has 5 rings (SSSR count). The summed E-state index contributed by atoms with van der Waals surface area (Å²) in [5.41, 5.74) is 1.27. The van der Waals surface area contributed by atoms with Crippen LogP contribution in [0.15, 0.2) is 50.9 Å². The molecule has 1 fully saturated rings. The van der Waals surface area contributed by atoms with Crippen molar-refractivity contribution >= 4 is 17.2 Å². The number of furan rings is 1. The molecule has 1 atom stereocenters. The Morgan fingerprint density at radius 3 is 3.11 bits per heavy atom. The maximum atomic E-state index is 12.3. The number of carbonyl (C=O) groups excluding carboxylic acids is 1. The highest BCUT2D eigenvalue weighted by atomic mass is 32.1. The van der Waals surface area contributed by atoms with Gasteiger partial charge in [0.1, 0.15) is 11.4 Å². The molecule has 0 aliphatic carbocycles. The van der Waals surface area contributed by atoms with Crippen LogP contribution in [-0.2, 0) is 11.3 Å². The van der Waals surface area contributed by atoms with Gasteiger partial charge in [-0.2, -0.15) is 10.1 Å². The minimum atomic E-state index is -0.0672. The van der Waals surface area contributed by atoms with Gasteiger partial charge in [-0.25, -0.2) is 0 Å². The van der Waals surface area contributed by atoms with E-state index in [4.69, 9.17) is 8.94 Å². The summed E-state index contributed by atoms with van der Waals surface area (Å²) in [6.45, 7) is 1.22. The van der Waals surface area contributed by atoms with Crippen molar-refractivity contribution < 1.29 is 13.7 Å². The largest absolute Gasteiger partial charge is 0.463 e. The van der Waals surface area contributed by atoms with Crippen LogP contribution in [0.5, 0.6) is 0 Å². The normalized spacial score (nSPS) is 17.1. The van der Waals surface area contributed by atoms with Gasteiger partial charge in [-0.1, -0.05) is 11.2 Å². The summed E-state index contributed by atoms with van der Waals surface area (Å²) in [6.07, 6.45) is 1.98. The number of nitrogens with one attached hydrogen (secondary N) is 1. The van der Waals surface area contributed by atoms with Gasteiger partial charge in [0.05, 0.1) is 12.8 Å². The Morgan fingerprint density at radius 1 is 1.33 bits per heavy atom. The second-order valence-electron chi connectivity index (χ2n) is 6.36. The molecular weight excluding hydrogens is 366 g/mol. The molecule has 1 aliphatic rings. The average Bonchev–Trinajstić information content (AvgIpc) is 3.47. The minimum absolute atomic E-state index is 0.0672. The Hall–Kier alpha value is -3.20. The number of carbonyl (C=O) groups is 1. The molecule has 27 heavy (non-hydrogen) atoms. The summed E-state index contributed by atoms with van der Waals surface area (Å²) in [6, 6.07) is 9.44. The van der Waals surface area contributed by atoms with E-state index in [2.05, 4.69) is 20.3 Å². The Balaban J connectivity index is 1.32. The second kappa shape index (κ2) is 6.51. The lowest BCUT2D eigenvalue weighted by atomic mass is 10.1. The van der Waals surface area contributed by atoms with Crippen LogP contribution in [0, 0.1) is 0 Å². The van der Waals surface area contributed by atoms with E-state index in [1.807, 2.05) is 28.5 Å². The Kier molecular flexibility index (Phi) is 3.86. The molecular formula is C18H15N5O3S. The Labute approximate surface area is 157 Å². The quantitative estimate of drug-likeness (QED) is 0.569. The zero-order valence-corrected chi connectivity index (χ0v) is 15.0. The highest BCUT2D eigenvalue weighted by Gasteiger charge is 2.34. The third-order valence-corrected chi connectivity index (χ3v) is 5.39. The molecule has 1 saturated heterocycles. The molecule has 0 spiro atoms. The molecule has 0 aromatic carbocycles. The lowest BCUT2D eigenvalue weighted by Gasteiger charge is -2.14. The predicted octanol–water partition coefficient (Wildman–Crippen LogP) is 3.30. The topological polar surface area (TPSA) is 101 Å². The van der Waals surface area contributed by atoms with Crippen molar-refractivity contribution in [2.45, 2.75) is 18.9 Å². The van der Waals surface area contributed by atoms with Crippen LogP contribution >= 0.6 is 11.3 Å². The fraction of sp³-hybridized carbons (Fsp3) is 0.222. The van der Waals surface area contributed by atoms with E-state index in [0.717, 1.165) is 0 Å². The van der Waals surface area contributed by atoms with Crippen LogP contribution in [0.25, 0.3) is 23.0 Å². The number of nitrogens with zero attached hydrogens (tertiary/aromatic N) is 4. The Bertz CT molecular complexity index is 1050. The molecule has 8 nitrogen and oxygen atoms in total. The number of hydrogen-bond donors (Lipinski definition) is 1. The molecule has 1 amide bonds. The molecule has 1 aliphatic heterocycles. The van der Waals surface area contributed by atoms with Crippen LogP contribution in [-0.4, -0.2) is 37.7 Å². The van der Waals surface area contributed by atoms with E-state index in [-0.39, 0.29) is 11.8 Å². The highest BCUT2D eigenvalue weighted by molar-refractivity contribution is 7.09. The number of rotatable bonds is 5. The van der Waals surface area contributed by atoms with Crippen molar-refractivity contribution in [3.8, 4) is 23.0 Å². The van der Waals surface area contributed by atoms with Gasteiger partial charge in [-0.15, -0.1) is 11.3 Å². The van der Waals surface area contributed by atoms with E-state index in [0.29, 0.717) is 48.4 Å². The summed E-state index contributed by atoms with van der Waals surface area (Å²) < 4.78 is 10.7. The van der Waals surface area contributed by atoms with E-state index in [1.165, 1.54) is 4.88 Å². The van der Waals surface area contributed by atoms with Crippen LogP contribution in [0.1, 0.15) is 23.0 Å². The summed E-state index contributed by atoms with van der Waals surface area (Å²) in [7, 11) is 0. The van der Waals surface area contributed by atoms with Crippen LogP contribution < -0.4 is 0 Å². The third kappa shape index (κ3) is 3.06. The molecule has 4 aromatic rings. The number of amides is 1. The Morgan fingerprint density at radius 2 is 2.30 bits per heavy atom. The molecule has 5 heterocycles. The lowest BCUT2D eigenvalue weighted by Crippen LogP contribution is -2.23. The minimum Gasteiger partial charge on any atom is -0.463 e. The smallest absolute Gasteiger partial charge is 0.275 e. The van der Waals surface area contributed by atoms with Gasteiger partial charge in [0.15, 0.2) is 11.6 Å². The number of H-pyrrole nitrogens is 1. The predicted molar refractivity (Wildman–Crippen MR) is 96.7 cm³/mol. The summed E-state index contributed by atoms with van der Waals surface area (Å²) in [5.74, 6) is 1.59. The molecule has 0 radical (unpaired) electrons. The second-order valence-corrected chi connectivity index (χ2v) is 7.39. The number of likely N-dealkylation sites (tertiary alicyclic amines) is 1. The maximum absolute atomic E-state index is 12.3. The van der Waals surface area contributed by atoms with Gasteiger partial charge in [0.2, 0.25) is 5.91 Å². The molecule has 0 bridgehead atoms. The van der Waals surface area contributed by atoms with Crippen molar-refractivity contribution in [1.29, 1.82) is 0 Å². The van der Waals surface area contributed by atoms with Gasteiger partial charge >= 0.3 is 0 Å². The van der Waals surface area contributed by atoms with Crippen LogP contribution in [0.4, 0.5) is 0 Å². The molecule has 0 saturated carbocycles. The monoisotopic (exact) mass is 381 g/mol. The summed E-state index contributed by atoms with van der Waals surface area (Å²) in [4.78, 5) is 19.8. The van der Waals surface area contributed by atoms with Crippen molar-refractivity contribution in [2.75, 3.05) is 6.54 Å². The van der Waals surface area contributed by atoms with E-state index in [1.54, 1.807) is 29.7 Å². The van der Waals surface area contributed by atoms with Gasteiger partial charge in [0, 0.05) is 29.8 Å². The highest BCUT2D eigenvalue weighted by Crippen LogP contribution is 2.30. The molecule has 136 valence electrons. The van der Waals surface area contributed by atoms with Gasteiger partial charge < -0.3 is 13.8 Å². The third-order valence-electron chi connectivity index (χ3n) is 4.53. The zero-order valence-electron chi connectivity index (χ0n) is 14.2. The zero-order chi connectivity index (χ0) is 18.2. The van der Waals surface area contributed by atoms with Crippen LogP contribution in [0.2, 0.25) is 0 Å². The molecule has 9 heteroatoms. The first-order chi connectivity index (χ1) is 13.3. The van der Waals surface area contributed by atoms with Crippen LogP contribution in [0.3, 0.4) is 0 Å². The van der Waals surface area contributed by atoms with Crippen molar-refractivity contribution in [3.05, 3.63) is 52.7 Å². The first kappa shape index (κ1) is 16.0. The number of hydrogen-bond acceptors (Lipinski definition) is 7. The molecule has 1 N–H and O–H groups in total. The maximum Gasteiger partial charge on any atom is 0.275 e. The standard InChI is InChI=1S/C18H15N5O3S/c24-16-7-11(9-23(16)10-12-3-2-6-27-12)17-19-18(26-22-17)14-8-13(20-21-14)15-4-1-5-25-15/h1-6,8,11H,7,9-10H2,(H,20,21). The van der Waals surface area contributed by atoms with Crippen molar-refractivity contribution in [2.24, 2.45) is 0 Å². The van der Waals surface area contributed by atoms with Gasteiger partial charge in [-0.05, 0) is 23.6 Å². The van der Waals surface area contributed by atoms with Gasteiger partial charge in [0.25, 0.3) is 5.89 Å². The van der Waals surface area contributed by atoms with Gasteiger partial charge in [-0.3, -0.25) is 9.89 Å². The van der Waals surface area contributed by atoms with Crippen molar-refractivity contribution in [3.63, 3.8) is 0 Å². The number of aromatic amines is 1. The molecule has 4 aromatic heterocycles. The molecule has 1 unspecified atom stereocenters. The lowest BCUT2D eigenvalue weighted by molar-refractivity contribution is -0.128. The number of aromatic nitrogens is 4. The van der Waals surface area contributed by atoms with E-state index >= 15 is 0 Å². The van der Waals surface area contributed by atoms with E-state index < -0.39 is 0 Å². The fourth-order valence-electron chi connectivity index (χ4n) is 3.18.